The first-order valence-electron chi connectivity index (χ1n) is 9.00. The quantitative estimate of drug-likeness (QED) is 0.329. The lowest BCUT2D eigenvalue weighted by Crippen LogP contribution is -2.65. The summed E-state index contributed by atoms with van der Waals surface area (Å²) in [5.74, 6) is 0. The van der Waals surface area contributed by atoms with Crippen LogP contribution in [0.4, 0.5) is 0 Å². The second-order valence-corrected chi connectivity index (χ2v) is 8.15. The molecule has 9 nitrogen and oxygen atoms in total. The first-order valence-corrected chi connectivity index (χ1v) is 9.00. The molecule has 10 atom stereocenters. The topological polar surface area (TPSA) is 149 Å². The largest absolute Gasteiger partial charge is 0.394 e. The van der Waals surface area contributed by atoms with Crippen LogP contribution in [0.1, 0.15) is 34.1 Å². The molecule has 0 aliphatic carbocycles. The molecule has 9 heteroatoms. The molecule has 2 rings (SSSR count). The van der Waals surface area contributed by atoms with Crippen molar-refractivity contribution in [1.82, 2.24) is 0 Å². The van der Waals surface area contributed by atoms with Crippen molar-refractivity contribution in [2.75, 3.05) is 6.61 Å². The minimum atomic E-state index is -1.53. The number of hydrogen-bond acceptors (Lipinski definition) is 9. The molecule has 0 aromatic heterocycles. The van der Waals surface area contributed by atoms with Gasteiger partial charge in [0.25, 0.3) is 0 Å². The van der Waals surface area contributed by atoms with Crippen molar-refractivity contribution in [3.8, 4) is 0 Å². The van der Waals surface area contributed by atoms with Crippen LogP contribution in [0.15, 0.2) is 0 Å². The Hall–Kier alpha value is -0.360. The van der Waals surface area contributed by atoms with E-state index in [1.165, 1.54) is 0 Å². The van der Waals surface area contributed by atoms with Gasteiger partial charge in [-0.25, -0.2) is 0 Å². The summed E-state index contributed by atoms with van der Waals surface area (Å²) in [6.45, 7) is 6.82. The van der Waals surface area contributed by atoms with Crippen LogP contribution in [0.25, 0.3) is 0 Å². The van der Waals surface area contributed by atoms with Crippen molar-refractivity contribution >= 4 is 0 Å². The highest BCUT2D eigenvalue weighted by Crippen LogP contribution is 2.36. The van der Waals surface area contributed by atoms with Gasteiger partial charge in [-0.2, -0.15) is 0 Å². The zero-order chi connectivity index (χ0) is 19.8. The fraction of sp³-hybridized carbons (Fsp3) is 1.00. The normalized spacial score (nSPS) is 47.8. The van der Waals surface area contributed by atoms with E-state index in [1.807, 2.05) is 20.8 Å². The average Bonchev–Trinajstić information content (AvgIpc) is 2.58. The van der Waals surface area contributed by atoms with Gasteiger partial charge in [0.1, 0.15) is 42.7 Å². The van der Waals surface area contributed by atoms with E-state index in [1.54, 1.807) is 6.92 Å². The lowest BCUT2D eigenvalue weighted by atomic mass is 9.80. The first kappa shape index (κ1) is 21.9. The van der Waals surface area contributed by atoms with E-state index < -0.39 is 73.2 Å². The minimum Gasteiger partial charge on any atom is -0.394 e. The third-order valence-electron chi connectivity index (χ3n) is 5.08. The Morgan fingerprint density at radius 3 is 1.88 bits per heavy atom. The fourth-order valence-corrected chi connectivity index (χ4v) is 3.46. The Morgan fingerprint density at radius 2 is 1.38 bits per heavy atom. The van der Waals surface area contributed by atoms with Gasteiger partial charge in [0.05, 0.1) is 18.8 Å². The standard InChI is InChI=1S/C17H32O9/c1-5-7-9(19)11(21)13(23)16(25-7)26-14-12(22)10(20)8(6-18)24-15(14)17(2,3)4/h7-16,18-23H,5-6H2,1-4H3/t7-,8-,9+,10+,11+,12+,13-,14-,15?,16?/m1/s1. The van der Waals surface area contributed by atoms with Crippen molar-refractivity contribution in [2.24, 2.45) is 5.41 Å². The minimum absolute atomic E-state index is 0.381. The number of rotatable bonds is 4. The summed E-state index contributed by atoms with van der Waals surface area (Å²) in [6, 6.07) is 0. The van der Waals surface area contributed by atoms with Crippen LogP contribution in [0.2, 0.25) is 0 Å². The molecule has 26 heavy (non-hydrogen) atoms. The fourth-order valence-electron chi connectivity index (χ4n) is 3.46. The van der Waals surface area contributed by atoms with Gasteiger partial charge in [-0.15, -0.1) is 0 Å². The summed E-state index contributed by atoms with van der Waals surface area (Å²) in [7, 11) is 0. The van der Waals surface area contributed by atoms with Crippen LogP contribution in [0, 0.1) is 5.41 Å². The van der Waals surface area contributed by atoms with Gasteiger partial charge in [0.15, 0.2) is 6.29 Å². The summed E-state index contributed by atoms with van der Waals surface area (Å²) >= 11 is 0. The van der Waals surface area contributed by atoms with Crippen LogP contribution in [0.5, 0.6) is 0 Å². The van der Waals surface area contributed by atoms with Gasteiger partial charge in [0, 0.05) is 0 Å². The van der Waals surface area contributed by atoms with Gasteiger partial charge in [-0.3, -0.25) is 0 Å². The summed E-state index contributed by atoms with van der Waals surface area (Å²) < 4.78 is 17.0. The summed E-state index contributed by atoms with van der Waals surface area (Å²) in [5, 5.41) is 60.2. The summed E-state index contributed by atoms with van der Waals surface area (Å²) in [6.07, 6.45) is -11.5. The number of ether oxygens (including phenoxy) is 3. The van der Waals surface area contributed by atoms with Gasteiger partial charge in [-0.05, 0) is 11.8 Å². The average molecular weight is 380 g/mol. The molecule has 2 heterocycles. The highest BCUT2D eigenvalue weighted by atomic mass is 16.7. The number of aliphatic hydroxyl groups is 6. The maximum Gasteiger partial charge on any atom is 0.187 e. The molecule has 0 aromatic carbocycles. The van der Waals surface area contributed by atoms with Gasteiger partial charge in [0.2, 0.25) is 0 Å². The molecular formula is C17H32O9. The molecule has 6 N–H and O–H groups in total. The Bertz CT molecular complexity index is 452. The molecule has 2 aliphatic heterocycles. The van der Waals surface area contributed by atoms with Gasteiger partial charge >= 0.3 is 0 Å². The van der Waals surface area contributed by atoms with Crippen LogP contribution in [0.3, 0.4) is 0 Å². The molecular weight excluding hydrogens is 348 g/mol. The van der Waals surface area contributed by atoms with E-state index in [9.17, 15) is 30.6 Å². The SMILES string of the molecule is CC[C@H]1OC(O[C@H]2C(C(C)(C)C)O[C@H](CO)[C@H](O)[C@@H]2O)[C@H](O)[C@@H](O)[C@H]1O. The van der Waals surface area contributed by atoms with Crippen LogP contribution in [-0.2, 0) is 14.2 Å². The van der Waals surface area contributed by atoms with E-state index >= 15 is 0 Å². The van der Waals surface area contributed by atoms with E-state index in [0.717, 1.165) is 0 Å². The molecule has 2 unspecified atom stereocenters. The third-order valence-corrected chi connectivity index (χ3v) is 5.08. The Labute approximate surface area is 153 Å². The van der Waals surface area contributed by atoms with E-state index in [4.69, 9.17) is 14.2 Å². The van der Waals surface area contributed by atoms with E-state index in [2.05, 4.69) is 0 Å². The third kappa shape index (κ3) is 4.21. The molecule has 154 valence electrons. The smallest absolute Gasteiger partial charge is 0.187 e. The van der Waals surface area contributed by atoms with Crippen LogP contribution in [-0.4, -0.2) is 98.5 Å². The van der Waals surface area contributed by atoms with Crippen molar-refractivity contribution in [3.05, 3.63) is 0 Å². The highest BCUT2D eigenvalue weighted by Gasteiger charge is 2.52. The zero-order valence-electron chi connectivity index (χ0n) is 15.6. The second-order valence-electron chi connectivity index (χ2n) is 8.15. The van der Waals surface area contributed by atoms with Gasteiger partial charge < -0.3 is 44.8 Å². The summed E-state index contributed by atoms with van der Waals surface area (Å²) in [5.41, 5.74) is -0.527. The summed E-state index contributed by atoms with van der Waals surface area (Å²) in [4.78, 5) is 0. The van der Waals surface area contributed by atoms with Crippen molar-refractivity contribution in [3.63, 3.8) is 0 Å². The second kappa shape index (κ2) is 8.34. The predicted molar refractivity (Wildman–Crippen MR) is 89.1 cm³/mol. The number of hydrogen-bond donors (Lipinski definition) is 6. The molecule has 0 saturated carbocycles. The van der Waals surface area contributed by atoms with Crippen LogP contribution >= 0.6 is 0 Å². The number of aliphatic hydroxyl groups excluding tert-OH is 6. The maximum absolute atomic E-state index is 10.5. The molecule has 0 amide bonds. The first-order chi connectivity index (χ1) is 12.0. The molecule has 0 spiro atoms. The molecule has 2 aliphatic rings. The maximum atomic E-state index is 10.5. The van der Waals surface area contributed by atoms with Crippen molar-refractivity contribution < 1.29 is 44.8 Å². The van der Waals surface area contributed by atoms with E-state index in [0.29, 0.717) is 6.42 Å². The molecule has 2 saturated heterocycles. The van der Waals surface area contributed by atoms with Crippen molar-refractivity contribution in [2.45, 2.75) is 95.3 Å². The highest BCUT2D eigenvalue weighted by molar-refractivity contribution is 4.98. The lowest BCUT2D eigenvalue weighted by Gasteiger charge is -2.49. The lowest BCUT2D eigenvalue weighted by molar-refractivity contribution is -0.345. The molecule has 0 radical (unpaired) electrons. The molecule has 2 fully saturated rings. The Balaban J connectivity index is 2.23. The predicted octanol–water partition coefficient (Wildman–Crippen LogP) is -1.88. The Morgan fingerprint density at radius 1 is 0.808 bits per heavy atom. The molecule has 0 bridgehead atoms. The monoisotopic (exact) mass is 380 g/mol. The van der Waals surface area contributed by atoms with E-state index in [-0.39, 0.29) is 0 Å². The van der Waals surface area contributed by atoms with Crippen molar-refractivity contribution in [1.29, 1.82) is 0 Å². The van der Waals surface area contributed by atoms with Gasteiger partial charge in [-0.1, -0.05) is 27.7 Å². The van der Waals surface area contributed by atoms with Crippen LogP contribution < -0.4 is 0 Å². The Kier molecular flexibility index (Phi) is 7.03. The zero-order valence-corrected chi connectivity index (χ0v) is 15.6. The molecule has 0 aromatic rings.